The van der Waals surface area contributed by atoms with Crippen molar-refractivity contribution in [3.05, 3.63) is 47.0 Å². The molecule has 1 aromatic carbocycles. The van der Waals surface area contributed by atoms with Crippen LogP contribution in [0.2, 0.25) is 0 Å². The molecular weight excluding hydrogens is 330 g/mol. The normalized spacial score (nSPS) is 14.8. The fourth-order valence-electron chi connectivity index (χ4n) is 3.34. The molecule has 0 bridgehead atoms. The van der Waals surface area contributed by atoms with Gasteiger partial charge in [0.15, 0.2) is 11.5 Å². The minimum Gasteiger partial charge on any atom is -0.454 e. The van der Waals surface area contributed by atoms with Crippen molar-refractivity contribution in [2.45, 2.75) is 46.2 Å². The number of ether oxygens (including phenoxy) is 2. The first-order valence-corrected chi connectivity index (χ1v) is 9.08. The molecule has 136 valence electrons. The van der Waals surface area contributed by atoms with Crippen LogP contribution in [-0.4, -0.2) is 27.6 Å². The monoisotopic (exact) mass is 353 g/mol. The number of aromatic nitrogens is 2. The van der Waals surface area contributed by atoms with Crippen molar-refractivity contribution in [3.63, 3.8) is 0 Å². The zero-order chi connectivity index (χ0) is 18.1. The van der Waals surface area contributed by atoms with Gasteiger partial charge in [-0.3, -0.25) is 4.79 Å². The highest BCUT2D eigenvalue weighted by Crippen LogP contribution is 2.33. The van der Waals surface area contributed by atoms with Gasteiger partial charge in [-0.2, -0.15) is 0 Å². The summed E-state index contributed by atoms with van der Waals surface area (Å²) in [5.41, 5.74) is 3.14. The lowest BCUT2D eigenvalue weighted by Gasteiger charge is -2.15. The Balaban J connectivity index is 1.35. The van der Waals surface area contributed by atoms with Gasteiger partial charge < -0.3 is 14.4 Å². The molecule has 0 fully saturated rings. The van der Waals surface area contributed by atoms with Crippen LogP contribution in [0.5, 0.6) is 11.5 Å². The fourth-order valence-corrected chi connectivity index (χ4v) is 3.34. The minimum absolute atomic E-state index is 0.145. The number of hydrogen-bond acceptors (Lipinski definition) is 5. The maximum absolute atomic E-state index is 12.6. The third-order valence-electron chi connectivity index (χ3n) is 4.71. The second kappa shape index (κ2) is 6.94. The predicted molar refractivity (Wildman–Crippen MR) is 95.7 cm³/mol. The Morgan fingerprint density at radius 3 is 2.92 bits per heavy atom. The number of aryl methyl sites for hydroxylation is 1. The van der Waals surface area contributed by atoms with E-state index in [1.165, 1.54) is 0 Å². The van der Waals surface area contributed by atoms with Crippen LogP contribution in [0, 0.1) is 5.92 Å². The fraction of sp³-hybridized carbons (Fsp3) is 0.450. The Kier molecular flexibility index (Phi) is 4.49. The summed E-state index contributed by atoms with van der Waals surface area (Å²) in [4.78, 5) is 23.6. The van der Waals surface area contributed by atoms with Gasteiger partial charge in [0.1, 0.15) is 5.82 Å². The van der Waals surface area contributed by atoms with Gasteiger partial charge >= 0.3 is 0 Å². The first-order valence-electron chi connectivity index (χ1n) is 9.08. The summed E-state index contributed by atoms with van der Waals surface area (Å²) >= 11 is 0. The van der Waals surface area contributed by atoms with Crippen molar-refractivity contribution in [2.75, 3.05) is 6.79 Å². The lowest BCUT2D eigenvalue weighted by atomic mass is 10.1. The molecule has 0 atom stereocenters. The van der Waals surface area contributed by atoms with Gasteiger partial charge in [0.05, 0.1) is 12.2 Å². The van der Waals surface area contributed by atoms with E-state index in [1.807, 2.05) is 29.3 Å². The van der Waals surface area contributed by atoms with E-state index in [1.54, 1.807) is 0 Å². The maximum Gasteiger partial charge on any atom is 0.231 e. The molecule has 26 heavy (non-hydrogen) atoms. The van der Waals surface area contributed by atoms with Crippen LogP contribution in [0.4, 0.5) is 0 Å². The van der Waals surface area contributed by atoms with Gasteiger partial charge in [0.25, 0.3) is 0 Å². The first-order chi connectivity index (χ1) is 12.6. The molecule has 0 unspecified atom stereocenters. The predicted octanol–water partition coefficient (Wildman–Crippen LogP) is 2.88. The van der Waals surface area contributed by atoms with Crippen molar-refractivity contribution >= 4 is 5.91 Å². The van der Waals surface area contributed by atoms with Crippen molar-refractivity contribution in [1.29, 1.82) is 0 Å². The van der Waals surface area contributed by atoms with Crippen molar-refractivity contribution in [3.8, 4) is 11.5 Å². The topological polar surface area (TPSA) is 64.6 Å². The summed E-state index contributed by atoms with van der Waals surface area (Å²) in [6.07, 6.45) is 3.91. The van der Waals surface area contributed by atoms with E-state index in [4.69, 9.17) is 9.47 Å². The van der Waals surface area contributed by atoms with E-state index >= 15 is 0 Å². The molecule has 1 amide bonds. The van der Waals surface area contributed by atoms with E-state index < -0.39 is 0 Å². The molecule has 2 aromatic rings. The highest BCUT2D eigenvalue weighted by Gasteiger charge is 2.25. The molecule has 0 N–H and O–H groups in total. The summed E-state index contributed by atoms with van der Waals surface area (Å²) in [6.45, 7) is 5.77. The van der Waals surface area contributed by atoms with Crippen molar-refractivity contribution in [2.24, 2.45) is 5.92 Å². The largest absolute Gasteiger partial charge is 0.454 e. The highest BCUT2D eigenvalue weighted by atomic mass is 16.7. The zero-order valence-corrected chi connectivity index (χ0v) is 15.2. The molecule has 6 heteroatoms. The van der Waals surface area contributed by atoms with Gasteiger partial charge in [-0.15, -0.1) is 0 Å². The minimum atomic E-state index is 0.145. The Morgan fingerprint density at radius 2 is 2.08 bits per heavy atom. The number of amides is 1. The van der Waals surface area contributed by atoms with E-state index in [2.05, 4.69) is 23.8 Å². The second-order valence-electron chi connectivity index (χ2n) is 7.29. The van der Waals surface area contributed by atoms with Crippen molar-refractivity contribution in [1.82, 2.24) is 14.9 Å². The third kappa shape index (κ3) is 3.49. The summed E-state index contributed by atoms with van der Waals surface area (Å²) in [7, 11) is 0. The average Bonchev–Trinajstić information content (AvgIpc) is 3.24. The van der Waals surface area contributed by atoms with E-state index in [0.29, 0.717) is 31.8 Å². The lowest BCUT2D eigenvalue weighted by Crippen LogP contribution is -2.25. The molecule has 3 heterocycles. The summed E-state index contributed by atoms with van der Waals surface area (Å²) in [6, 6.07) is 5.85. The molecule has 6 nitrogen and oxygen atoms in total. The maximum atomic E-state index is 12.6. The van der Waals surface area contributed by atoms with Crippen LogP contribution in [0.1, 0.15) is 42.9 Å². The van der Waals surface area contributed by atoms with Crippen molar-refractivity contribution < 1.29 is 14.3 Å². The molecule has 0 spiro atoms. The third-order valence-corrected chi connectivity index (χ3v) is 4.71. The highest BCUT2D eigenvalue weighted by molar-refractivity contribution is 5.77. The Morgan fingerprint density at radius 1 is 1.23 bits per heavy atom. The summed E-state index contributed by atoms with van der Waals surface area (Å²) < 4.78 is 10.7. The molecule has 0 saturated heterocycles. The van der Waals surface area contributed by atoms with Gasteiger partial charge in [-0.05, 0) is 30.0 Å². The number of benzene rings is 1. The Labute approximate surface area is 153 Å². The Bertz CT molecular complexity index is 835. The molecule has 1 aromatic heterocycles. The molecular formula is C20H23N3O3. The Hall–Kier alpha value is -2.63. The molecule has 0 aliphatic carbocycles. The molecule has 4 rings (SSSR count). The standard InChI is InChI=1S/C20H23N3O3/c1-13(2)7-19-21-9-15-10-23(11-16(15)22-19)20(24)6-4-14-3-5-17-18(8-14)26-12-25-17/h3,5,8-9,13H,4,6-7,10-12H2,1-2H3. The first kappa shape index (κ1) is 16.8. The van der Waals surface area contributed by atoms with Gasteiger partial charge in [0, 0.05) is 31.1 Å². The van der Waals surface area contributed by atoms with E-state index in [9.17, 15) is 4.79 Å². The number of hydrogen-bond donors (Lipinski definition) is 0. The number of nitrogens with zero attached hydrogens (tertiary/aromatic N) is 3. The number of fused-ring (bicyclic) bond motifs is 2. The van der Waals surface area contributed by atoms with Crippen LogP contribution in [0.15, 0.2) is 24.4 Å². The van der Waals surface area contributed by atoms with E-state index in [-0.39, 0.29) is 12.7 Å². The summed E-state index contributed by atoms with van der Waals surface area (Å²) in [5, 5.41) is 0. The molecule has 2 aliphatic rings. The summed E-state index contributed by atoms with van der Waals surface area (Å²) in [5.74, 6) is 3.07. The molecule has 0 saturated carbocycles. The second-order valence-corrected chi connectivity index (χ2v) is 7.29. The SMILES string of the molecule is CC(C)Cc1ncc2c(n1)CN(C(=O)CCc1ccc3c(c1)OCO3)C2. The smallest absolute Gasteiger partial charge is 0.231 e. The number of carbonyl (C=O) groups excluding carboxylic acids is 1. The van der Waals surface area contributed by atoms with Crippen LogP contribution >= 0.6 is 0 Å². The van der Waals surface area contributed by atoms with E-state index in [0.717, 1.165) is 40.6 Å². The zero-order valence-electron chi connectivity index (χ0n) is 15.2. The van der Waals surface area contributed by atoms with Crippen LogP contribution in [-0.2, 0) is 30.7 Å². The van der Waals surface area contributed by atoms with Crippen LogP contribution < -0.4 is 9.47 Å². The lowest BCUT2D eigenvalue weighted by molar-refractivity contribution is -0.131. The molecule has 2 aliphatic heterocycles. The van der Waals surface area contributed by atoms with Gasteiger partial charge in [0.2, 0.25) is 12.7 Å². The van der Waals surface area contributed by atoms with Crippen LogP contribution in [0.3, 0.4) is 0 Å². The number of carbonyl (C=O) groups is 1. The number of rotatable bonds is 5. The average molecular weight is 353 g/mol. The quantitative estimate of drug-likeness (QED) is 0.827. The van der Waals surface area contributed by atoms with Crippen LogP contribution in [0.25, 0.3) is 0 Å². The van der Waals surface area contributed by atoms with Gasteiger partial charge in [-0.1, -0.05) is 19.9 Å². The van der Waals surface area contributed by atoms with Gasteiger partial charge in [-0.25, -0.2) is 9.97 Å². The molecule has 0 radical (unpaired) electrons.